The third-order valence-corrected chi connectivity index (χ3v) is 3.15. The van der Waals surface area contributed by atoms with Gasteiger partial charge in [-0.1, -0.05) is 0 Å². The average Bonchev–Trinajstić information content (AvgIpc) is 2.47. The smallest absolute Gasteiger partial charge is 0.166 e. The van der Waals surface area contributed by atoms with Crippen LogP contribution in [0.5, 0.6) is 11.5 Å². The first-order valence-corrected chi connectivity index (χ1v) is 4.97. The second kappa shape index (κ2) is 3.12. The van der Waals surface area contributed by atoms with Gasteiger partial charge in [-0.25, -0.2) is 0 Å². The van der Waals surface area contributed by atoms with E-state index in [1.807, 2.05) is 12.1 Å². The average molecular weight is 212 g/mol. The van der Waals surface area contributed by atoms with Crippen molar-refractivity contribution in [1.29, 1.82) is 0 Å². The highest BCUT2D eigenvalue weighted by molar-refractivity contribution is 7.83. The number of thiophene rings is 1. The SMILES string of the molecule is COc1ccc2sc(S)cc2c1O. The largest absolute Gasteiger partial charge is 0.504 e. The molecule has 1 N–H and O–H groups in total. The second-order valence-electron chi connectivity index (χ2n) is 2.61. The Hall–Kier alpha value is -0.870. The molecule has 13 heavy (non-hydrogen) atoms. The van der Waals surface area contributed by atoms with E-state index in [-0.39, 0.29) is 5.75 Å². The molecule has 1 heterocycles. The molecule has 68 valence electrons. The van der Waals surface area contributed by atoms with Crippen molar-refractivity contribution >= 4 is 34.1 Å². The molecular weight excluding hydrogens is 204 g/mol. The number of methoxy groups -OCH3 is 1. The van der Waals surface area contributed by atoms with Crippen LogP contribution in [0.4, 0.5) is 0 Å². The van der Waals surface area contributed by atoms with Gasteiger partial charge in [-0.05, 0) is 18.2 Å². The van der Waals surface area contributed by atoms with Gasteiger partial charge in [0.15, 0.2) is 11.5 Å². The van der Waals surface area contributed by atoms with Crippen LogP contribution in [0.15, 0.2) is 22.4 Å². The van der Waals surface area contributed by atoms with Gasteiger partial charge in [-0.15, -0.1) is 24.0 Å². The molecule has 2 rings (SSSR count). The van der Waals surface area contributed by atoms with E-state index in [0.29, 0.717) is 5.75 Å². The number of aromatic hydroxyl groups is 1. The maximum absolute atomic E-state index is 9.71. The molecule has 0 spiro atoms. The zero-order valence-electron chi connectivity index (χ0n) is 6.94. The Bertz CT molecular complexity index is 448. The fraction of sp³-hybridized carbons (Fsp3) is 0.111. The number of phenols is 1. The number of hydrogen-bond donors (Lipinski definition) is 2. The minimum Gasteiger partial charge on any atom is -0.504 e. The third-order valence-electron chi connectivity index (χ3n) is 1.84. The van der Waals surface area contributed by atoms with Crippen LogP contribution < -0.4 is 4.74 Å². The van der Waals surface area contributed by atoms with Gasteiger partial charge >= 0.3 is 0 Å². The molecule has 0 bridgehead atoms. The molecule has 0 fully saturated rings. The summed E-state index contributed by atoms with van der Waals surface area (Å²) in [7, 11) is 1.54. The Labute approximate surface area is 85.2 Å². The lowest BCUT2D eigenvalue weighted by molar-refractivity contribution is 0.376. The molecule has 0 atom stereocenters. The summed E-state index contributed by atoms with van der Waals surface area (Å²) in [6, 6.07) is 5.50. The minimum atomic E-state index is 0.191. The van der Waals surface area contributed by atoms with E-state index in [1.165, 1.54) is 18.4 Å². The van der Waals surface area contributed by atoms with Gasteiger partial charge in [0.1, 0.15) is 0 Å². The Morgan fingerprint density at radius 1 is 1.46 bits per heavy atom. The molecule has 0 radical (unpaired) electrons. The molecule has 0 saturated heterocycles. The summed E-state index contributed by atoms with van der Waals surface area (Å²) in [5.74, 6) is 0.690. The van der Waals surface area contributed by atoms with Gasteiger partial charge in [-0.3, -0.25) is 0 Å². The number of rotatable bonds is 1. The normalized spacial score (nSPS) is 10.6. The van der Waals surface area contributed by atoms with Gasteiger partial charge in [0.25, 0.3) is 0 Å². The zero-order valence-corrected chi connectivity index (χ0v) is 8.65. The molecule has 0 aliphatic rings. The highest BCUT2D eigenvalue weighted by Crippen LogP contribution is 2.39. The van der Waals surface area contributed by atoms with Crippen LogP contribution in [-0.2, 0) is 0 Å². The van der Waals surface area contributed by atoms with Gasteiger partial charge in [0.05, 0.1) is 11.3 Å². The molecule has 1 aromatic heterocycles. The lowest BCUT2D eigenvalue weighted by atomic mass is 10.2. The van der Waals surface area contributed by atoms with E-state index < -0.39 is 0 Å². The quantitative estimate of drug-likeness (QED) is 0.712. The van der Waals surface area contributed by atoms with E-state index in [4.69, 9.17) is 4.74 Å². The Morgan fingerprint density at radius 2 is 2.23 bits per heavy atom. The highest BCUT2D eigenvalue weighted by Gasteiger charge is 2.08. The van der Waals surface area contributed by atoms with Crippen molar-refractivity contribution in [2.75, 3.05) is 7.11 Å². The van der Waals surface area contributed by atoms with Crippen molar-refractivity contribution in [1.82, 2.24) is 0 Å². The monoisotopic (exact) mass is 212 g/mol. The molecule has 0 aliphatic carbocycles. The van der Waals surface area contributed by atoms with E-state index in [0.717, 1.165) is 14.3 Å². The van der Waals surface area contributed by atoms with Crippen LogP contribution in [0.1, 0.15) is 0 Å². The van der Waals surface area contributed by atoms with Crippen molar-refractivity contribution in [2.24, 2.45) is 0 Å². The highest BCUT2D eigenvalue weighted by atomic mass is 32.2. The molecule has 0 saturated carbocycles. The zero-order chi connectivity index (χ0) is 9.42. The summed E-state index contributed by atoms with van der Waals surface area (Å²) in [5.41, 5.74) is 0. The Balaban J connectivity index is 2.78. The van der Waals surface area contributed by atoms with Crippen molar-refractivity contribution < 1.29 is 9.84 Å². The third kappa shape index (κ3) is 1.36. The van der Waals surface area contributed by atoms with Gasteiger partial charge < -0.3 is 9.84 Å². The number of ether oxygens (including phenoxy) is 1. The van der Waals surface area contributed by atoms with Crippen LogP contribution >= 0.6 is 24.0 Å². The number of phenolic OH excluding ortho intramolecular Hbond substituents is 1. The van der Waals surface area contributed by atoms with Gasteiger partial charge in [0.2, 0.25) is 0 Å². The summed E-state index contributed by atoms with van der Waals surface area (Å²) in [5, 5.41) is 10.5. The van der Waals surface area contributed by atoms with E-state index in [2.05, 4.69) is 12.6 Å². The Kier molecular flexibility index (Phi) is 2.09. The van der Waals surface area contributed by atoms with E-state index >= 15 is 0 Å². The first kappa shape index (κ1) is 8.72. The van der Waals surface area contributed by atoms with Crippen LogP contribution in [0.2, 0.25) is 0 Å². The maximum Gasteiger partial charge on any atom is 0.166 e. The molecule has 0 amide bonds. The van der Waals surface area contributed by atoms with Crippen molar-refractivity contribution in [3.8, 4) is 11.5 Å². The van der Waals surface area contributed by atoms with Crippen molar-refractivity contribution in [2.45, 2.75) is 4.21 Å². The second-order valence-corrected chi connectivity index (χ2v) is 4.48. The van der Waals surface area contributed by atoms with Crippen LogP contribution in [0.25, 0.3) is 10.1 Å². The maximum atomic E-state index is 9.71. The predicted molar refractivity (Wildman–Crippen MR) is 57.3 cm³/mol. The lowest BCUT2D eigenvalue weighted by Crippen LogP contribution is -1.82. The summed E-state index contributed by atoms with van der Waals surface area (Å²) in [6.07, 6.45) is 0. The summed E-state index contributed by atoms with van der Waals surface area (Å²) in [4.78, 5) is 0. The van der Waals surface area contributed by atoms with Crippen LogP contribution in [-0.4, -0.2) is 12.2 Å². The first-order valence-electron chi connectivity index (χ1n) is 3.71. The molecule has 0 aliphatic heterocycles. The van der Waals surface area contributed by atoms with Crippen LogP contribution in [0.3, 0.4) is 0 Å². The fourth-order valence-electron chi connectivity index (χ4n) is 1.23. The summed E-state index contributed by atoms with van der Waals surface area (Å²) >= 11 is 5.75. The van der Waals surface area contributed by atoms with E-state index in [9.17, 15) is 5.11 Å². The number of benzene rings is 1. The number of thiol groups is 1. The molecule has 2 aromatic rings. The molecule has 1 aromatic carbocycles. The molecular formula is C9H8O2S2. The standard InChI is InChI=1S/C9H8O2S2/c1-11-6-2-3-7-5(9(6)10)4-8(12)13-7/h2-4,10,12H,1H3. The van der Waals surface area contributed by atoms with Gasteiger partial charge in [0, 0.05) is 10.1 Å². The fourth-order valence-corrected chi connectivity index (χ4v) is 2.46. The van der Waals surface area contributed by atoms with Crippen molar-refractivity contribution in [3.05, 3.63) is 18.2 Å². The minimum absolute atomic E-state index is 0.191. The predicted octanol–water partition coefficient (Wildman–Crippen LogP) is 2.90. The van der Waals surface area contributed by atoms with Gasteiger partial charge in [-0.2, -0.15) is 0 Å². The summed E-state index contributed by atoms with van der Waals surface area (Å²) < 4.78 is 6.90. The first-order chi connectivity index (χ1) is 6.22. The topological polar surface area (TPSA) is 29.5 Å². The molecule has 2 nitrogen and oxygen atoms in total. The number of fused-ring (bicyclic) bond motifs is 1. The summed E-state index contributed by atoms with van der Waals surface area (Å²) in [6.45, 7) is 0. The number of hydrogen-bond acceptors (Lipinski definition) is 4. The lowest BCUT2D eigenvalue weighted by Gasteiger charge is -2.02. The van der Waals surface area contributed by atoms with E-state index in [1.54, 1.807) is 6.07 Å². The molecule has 4 heteroatoms. The Morgan fingerprint density at radius 3 is 2.92 bits per heavy atom. The van der Waals surface area contributed by atoms with Crippen molar-refractivity contribution in [3.63, 3.8) is 0 Å². The molecule has 0 unspecified atom stereocenters. The van der Waals surface area contributed by atoms with Crippen LogP contribution in [0, 0.1) is 0 Å².